The predicted molar refractivity (Wildman–Crippen MR) is 175 cm³/mol. The lowest BCUT2D eigenvalue weighted by atomic mass is 9.83. The van der Waals surface area contributed by atoms with Crippen molar-refractivity contribution in [3.63, 3.8) is 0 Å². The van der Waals surface area contributed by atoms with Crippen LogP contribution in [0.25, 0.3) is 0 Å². The average molecular weight is 611 g/mol. The molecule has 1 fully saturated rings. The van der Waals surface area contributed by atoms with Gasteiger partial charge >= 0.3 is 0 Å². The third-order valence-corrected chi connectivity index (χ3v) is 26.2. The number of ketones is 2. The summed E-state index contributed by atoms with van der Waals surface area (Å²) in [5.41, 5.74) is 4.58. The van der Waals surface area contributed by atoms with Gasteiger partial charge in [0.05, 0.1) is 16.1 Å². The summed E-state index contributed by atoms with van der Waals surface area (Å²) in [6.07, 6.45) is 5.21. The van der Waals surface area contributed by atoms with Gasteiger partial charge in [0.25, 0.3) is 6.48 Å². The van der Waals surface area contributed by atoms with Crippen molar-refractivity contribution in [2.45, 2.75) is 154 Å². The third-order valence-electron chi connectivity index (χ3n) is 11.9. The molecule has 4 aliphatic carbocycles. The maximum atomic E-state index is 14.2. The van der Waals surface area contributed by atoms with Gasteiger partial charge in [-0.25, -0.2) is 0 Å². The molecule has 1 aliphatic heterocycles. The lowest BCUT2D eigenvalue weighted by Gasteiger charge is -2.46. The van der Waals surface area contributed by atoms with Gasteiger partial charge in [-0.3, -0.25) is 9.59 Å². The standard InChI is InChI=1S/C35H54O5Si2/c1-14-38-33-39-34-18-26-16-28(37)32(42(22(8)9,23(10)11)24(12)13)30(26)35(34,40-33)17-25-15-27(36)31(29(25)34)41(19(2)3,20(4)5)21(6)7/h17-24,33H,14-16H2,1-13H3/t34-,35-/m1/s1. The molecule has 0 aromatic heterocycles. The number of ether oxygens (including phenoxy) is 3. The van der Waals surface area contributed by atoms with Crippen LogP contribution in [0.5, 0.6) is 0 Å². The Hall–Kier alpha value is -1.39. The van der Waals surface area contributed by atoms with Gasteiger partial charge in [0.2, 0.25) is 0 Å². The van der Waals surface area contributed by atoms with Crippen molar-refractivity contribution in [1.82, 2.24) is 0 Å². The minimum atomic E-state index is -2.36. The minimum absolute atomic E-state index is 0.265. The van der Waals surface area contributed by atoms with Gasteiger partial charge in [0.1, 0.15) is 0 Å². The first-order valence-electron chi connectivity index (χ1n) is 16.5. The van der Waals surface area contributed by atoms with Gasteiger partial charge in [-0.05, 0) is 85.0 Å². The van der Waals surface area contributed by atoms with Crippen LogP contribution in [-0.4, -0.2) is 52.0 Å². The number of hydrogen-bond acceptors (Lipinski definition) is 5. The quantitative estimate of drug-likeness (QED) is 0.232. The number of hydrogen-bond donors (Lipinski definition) is 0. The largest absolute Gasteiger partial charge is 0.330 e. The summed E-state index contributed by atoms with van der Waals surface area (Å²) in [5, 5.41) is 2.11. The molecule has 0 bridgehead atoms. The van der Waals surface area contributed by atoms with E-state index in [1.54, 1.807) is 0 Å². The highest BCUT2D eigenvalue weighted by atomic mass is 28.3. The fourth-order valence-electron chi connectivity index (χ4n) is 11.2. The van der Waals surface area contributed by atoms with E-state index in [1.807, 2.05) is 6.92 Å². The van der Waals surface area contributed by atoms with Crippen LogP contribution in [0.3, 0.4) is 0 Å². The van der Waals surface area contributed by atoms with E-state index in [2.05, 4.69) is 95.2 Å². The fraction of sp³-hybridized carbons (Fsp3) is 0.714. The Morgan fingerprint density at radius 1 is 0.667 bits per heavy atom. The summed E-state index contributed by atoms with van der Waals surface area (Å²) in [5.74, 6) is 0.530. The second-order valence-electron chi connectivity index (χ2n) is 15.3. The van der Waals surface area contributed by atoms with E-state index in [0.717, 1.165) is 32.7 Å². The number of allylic oxidation sites excluding steroid dienone is 2. The highest BCUT2D eigenvalue weighted by molar-refractivity contribution is 6.94. The van der Waals surface area contributed by atoms with Crippen LogP contribution >= 0.6 is 0 Å². The van der Waals surface area contributed by atoms with E-state index < -0.39 is 33.8 Å². The second kappa shape index (κ2) is 10.3. The molecule has 1 heterocycles. The first-order valence-corrected chi connectivity index (χ1v) is 21.0. The molecular weight excluding hydrogens is 557 g/mol. The average Bonchev–Trinajstić information content (AvgIpc) is 3.54. The van der Waals surface area contributed by atoms with E-state index in [9.17, 15) is 9.59 Å². The van der Waals surface area contributed by atoms with Gasteiger partial charge in [-0.1, -0.05) is 83.1 Å². The normalized spacial score (nSPS) is 28.1. The number of fused-ring (bicyclic) bond motifs is 2. The van der Waals surface area contributed by atoms with Crippen LogP contribution in [0.15, 0.2) is 44.8 Å². The summed E-state index contributed by atoms with van der Waals surface area (Å²) >= 11 is 0. The Morgan fingerprint density at radius 2 is 0.976 bits per heavy atom. The Kier molecular flexibility index (Phi) is 7.88. The van der Waals surface area contributed by atoms with E-state index in [4.69, 9.17) is 14.2 Å². The first-order chi connectivity index (χ1) is 19.5. The molecule has 0 aromatic rings. The topological polar surface area (TPSA) is 61.8 Å². The molecule has 42 heavy (non-hydrogen) atoms. The van der Waals surface area contributed by atoms with Crippen molar-refractivity contribution < 1.29 is 23.8 Å². The molecule has 0 amide bonds. The van der Waals surface area contributed by atoms with Crippen LogP contribution < -0.4 is 0 Å². The number of carbonyl (C=O) groups is 2. The molecule has 7 heteroatoms. The predicted octanol–water partition coefficient (Wildman–Crippen LogP) is 8.69. The number of rotatable bonds is 10. The van der Waals surface area contributed by atoms with Crippen molar-refractivity contribution in [2.24, 2.45) is 0 Å². The summed E-state index contributed by atoms with van der Waals surface area (Å²) in [6.45, 7) is 29.4. The van der Waals surface area contributed by atoms with E-state index in [1.165, 1.54) is 0 Å². The Labute approximate surface area is 256 Å². The van der Waals surface area contributed by atoms with Crippen LogP contribution in [0.1, 0.15) is 103 Å². The second-order valence-corrected chi connectivity index (χ2v) is 26.9. The molecule has 0 aromatic carbocycles. The molecule has 0 saturated carbocycles. The highest BCUT2D eigenvalue weighted by Crippen LogP contribution is 2.70. The number of carbonyl (C=O) groups excluding carboxylic acids is 2. The zero-order valence-corrected chi connectivity index (χ0v) is 30.4. The van der Waals surface area contributed by atoms with Gasteiger partial charge in [-0.2, -0.15) is 0 Å². The van der Waals surface area contributed by atoms with Gasteiger partial charge in [-0.15, -0.1) is 0 Å². The van der Waals surface area contributed by atoms with Crippen molar-refractivity contribution in [3.05, 3.63) is 44.8 Å². The van der Waals surface area contributed by atoms with Crippen molar-refractivity contribution in [2.75, 3.05) is 6.61 Å². The molecule has 2 atom stereocenters. The monoisotopic (exact) mass is 610 g/mol. The molecule has 0 N–H and O–H groups in total. The van der Waals surface area contributed by atoms with Crippen molar-refractivity contribution in [1.29, 1.82) is 0 Å². The van der Waals surface area contributed by atoms with Crippen LogP contribution in [0.2, 0.25) is 33.2 Å². The van der Waals surface area contributed by atoms with Crippen LogP contribution in [-0.2, 0) is 23.8 Å². The molecule has 5 aliphatic rings. The fourth-order valence-corrected chi connectivity index (χ4v) is 25.3. The maximum absolute atomic E-state index is 14.2. The Balaban J connectivity index is 1.90. The lowest BCUT2D eigenvalue weighted by molar-refractivity contribution is -0.247. The van der Waals surface area contributed by atoms with Gasteiger partial charge in [0.15, 0.2) is 22.8 Å². The zero-order valence-electron chi connectivity index (χ0n) is 28.4. The Morgan fingerprint density at radius 3 is 1.24 bits per heavy atom. The molecule has 5 rings (SSSR count). The highest BCUT2D eigenvalue weighted by Gasteiger charge is 2.75. The van der Waals surface area contributed by atoms with Gasteiger partial charge < -0.3 is 14.2 Å². The van der Waals surface area contributed by atoms with E-state index in [0.29, 0.717) is 52.7 Å². The van der Waals surface area contributed by atoms with E-state index in [-0.39, 0.29) is 11.6 Å². The maximum Gasteiger partial charge on any atom is 0.274 e. The molecule has 0 unspecified atom stereocenters. The SMILES string of the molecule is CCOC1O[C@@]23C=C4CC(=O)C([Si](C(C)C)(C(C)C)C(C)C)=C4[C@@]2(C=C2CC(=O)C([Si](C(C)C)(C(C)C)C(C)C)=C23)O1. The lowest BCUT2D eigenvalue weighted by Crippen LogP contribution is -2.54. The smallest absolute Gasteiger partial charge is 0.274 e. The first kappa shape index (κ1) is 32.0. The van der Waals surface area contributed by atoms with Crippen molar-refractivity contribution in [3.8, 4) is 0 Å². The molecule has 1 saturated heterocycles. The van der Waals surface area contributed by atoms with Crippen molar-refractivity contribution >= 4 is 27.7 Å². The summed E-state index contributed by atoms with van der Waals surface area (Å²) in [6, 6.07) is 0. The van der Waals surface area contributed by atoms with Gasteiger partial charge in [0, 0.05) is 19.4 Å². The number of Topliss-reactive ketones (excluding diaryl/α,β-unsaturated/α-hetero) is 2. The molecule has 5 nitrogen and oxygen atoms in total. The van der Waals surface area contributed by atoms with Crippen LogP contribution in [0, 0.1) is 0 Å². The van der Waals surface area contributed by atoms with Crippen LogP contribution in [0.4, 0.5) is 0 Å². The Bertz CT molecular complexity index is 1180. The minimum Gasteiger partial charge on any atom is -0.330 e. The molecule has 0 spiro atoms. The molecular formula is C35H54O5Si2. The van der Waals surface area contributed by atoms with E-state index >= 15 is 0 Å². The molecule has 0 radical (unpaired) electrons. The summed E-state index contributed by atoms with van der Waals surface area (Å²) in [7, 11) is -4.72. The zero-order chi connectivity index (χ0) is 31.3. The third kappa shape index (κ3) is 3.63. The summed E-state index contributed by atoms with van der Waals surface area (Å²) < 4.78 is 20.0. The molecule has 232 valence electrons. The summed E-state index contributed by atoms with van der Waals surface area (Å²) in [4.78, 5) is 28.5.